The highest BCUT2D eigenvalue weighted by Crippen LogP contribution is 2.30. The van der Waals surface area contributed by atoms with E-state index in [1.54, 1.807) is 49.4 Å². The van der Waals surface area contributed by atoms with Crippen LogP contribution >= 0.6 is 0 Å². The van der Waals surface area contributed by atoms with Gasteiger partial charge in [-0.3, -0.25) is 0 Å². The van der Waals surface area contributed by atoms with E-state index in [1.807, 2.05) is 13.0 Å². The van der Waals surface area contributed by atoms with Gasteiger partial charge in [0.15, 0.2) is 0 Å². The van der Waals surface area contributed by atoms with Crippen LogP contribution in [-0.2, 0) is 14.3 Å². The van der Waals surface area contributed by atoms with Crippen LogP contribution in [0.15, 0.2) is 150 Å². The van der Waals surface area contributed by atoms with Crippen molar-refractivity contribution in [3.63, 3.8) is 0 Å². The first-order chi connectivity index (χ1) is 25.3. The Morgan fingerprint density at radius 1 is 0.792 bits per heavy atom. The summed E-state index contributed by atoms with van der Waals surface area (Å²) in [5.41, 5.74) is 0.499. The average molecular weight is 721 g/mol. The van der Waals surface area contributed by atoms with Crippen LogP contribution in [0.3, 0.4) is 0 Å². The predicted molar refractivity (Wildman–Crippen MR) is 226 cm³/mol. The van der Waals surface area contributed by atoms with Crippen LogP contribution < -0.4 is 0 Å². The standard InChI is InChI=1S/C8H11N.C8H12O.C7H9N.C4H5N.C4H6O2.3C4H6.C3H3N/c1-8(7-9)5-3-2-4-6-8;1-7-4-2-3-5-8(7)6-9;8-6-7-4-2-1-3-5-7;1-4(2)3-5;1-3-4(5)6-2;3*1-3-4-2;1-2-3-4/h2-3H,4-6H2,1H3;2-3,6-8H,4-5H2,1H3;1-2,7H,3-5H2;1H2,2H3;3H,1H2,2H3;3*3-4H,1-2H2;2H,1H2. The van der Waals surface area contributed by atoms with E-state index in [0.29, 0.717) is 17.4 Å². The molecule has 3 rings (SSSR count). The quantitative estimate of drug-likeness (QED) is 0.0687. The van der Waals surface area contributed by atoms with E-state index in [4.69, 9.17) is 21.0 Å². The molecule has 0 aromatic rings. The molecule has 0 fully saturated rings. The number of nitrogens with zero attached hydrogens (tertiary/aromatic N) is 4. The van der Waals surface area contributed by atoms with Gasteiger partial charge in [0.05, 0.1) is 42.7 Å². The molecule has 0 N–H and O–H groups in total. The van der Waals surface area contributed by atoms with Gasteiger partial charge in [0.1, 0.15) is 6.29 Å². The molecule has 0 saturated carbocycles. The van der Waals surface area contributed by atoms with Crippen molar-refractivity contribution in [1.29, 1.82) is 21.0 Å². The third-order valence-electron chi connectivity index (χ3n) is 6.46. The summed E-state index contributed by atoms with van der Waals surface area (Å²) in [7, 11) is 1.31. The second kappa shape index (κ2) is 50.4. The Balaban J connectivity index is -0.000000120. The van der Waals surface area contributed by atoms with Crippen molar-refractivity contribution >= 4 is 12.3 Å². The fraction of sp³-hybridized carbons (Fsp3) is 0.348. The van der Waals surface area contributed by atoms with Gasteiger partial charge in [-0.1, -0.05) is 139 Å². The van der Waals surface area contributed by atoms with Crippen molar-refractivity contribution in [2.24, 2.45) is 23.2 Å². The SMILES string of the molecule is C=C(C)C#N.C=CC#N.C=CC(=O)OC.C=CC=C.C=CC=C.C=CC=C.CC1(C#N)CC=CCC1.CC1CC=CCC1C=O.N#CC1CC=CCC1. The second-order valence-electron chi connectivity index (χ2n) is 11.1. The first kappa shape index (κ1) is 59.1. The summed E-state index contributed by atoms with van der Waals surface area (Å²) in [4.78, 5) is 20.2. The Labute approximate surface area is 323 Å². The van der Waals surface area contributed by atoms with E-state index in [9.17, 15) is 9.59 Å². The zero-order chi connectivity index (χ0) is 42.2. The van der Waals surface area contributed by atoms with E-state index in [1.165, 1.54) is 13.2 Å². The molecule has 0 aliphatic heterocycles. The summed E-state index contributed by atoms with van der Waals surface area (Å²) >= 11 is 0. The smallest absolute Gasteiger partial charge is 0.329 e. The van der Waals surface area contributed by atoms with Gasteiger partial charge < -0.3 is 9.53 Å². The number of rotatable bonds is 5. The summed E-state index contributed by atoms with van der Waals surface area (Å²) in [5.74, 6) is 0.762. The maximum atomic E-state index is 10.3. The molecule has 0 spiro atoms. The van der Waals surface area contributed by atoms with Crippen LogP contribution in [0.4, 0.5) is 0 Å². The van der Waals surface area contributed by atoms with E-state index < -0.39 is 5.97 Å². The molecular formula is C46H64N4O3. The summed E-state index contributed by atoms with van der Waals surface area (Å²) in [6.07, 6.45) is 34.1. The molecule has 7 nitrogen and oxygen atoms in total. The number of carbonyl (C=O) groups is 2. The maximum absolute atomic E-state index is 10.3. The Kier molecular flexibility index (Phi) is 56.2. The first-order valence-corrected chi connectivity index (χ1v) is 17.0. The molecule has 0 bridgehead atoms. The molecule has 3 aliphatic carbocycles. The lowest BCUT2D eigenvalue weighted by Crippen LogP contribution is -2.14. The predicted octanol–water partition coefficient (Wildman–Crippen LogP) is 12.1. The number of carbonyl (C=O) groups excluding carboxylic acids is 2. The van der Waals surface area contributed by atoms with Crippen molar-refractivity contribution in [3.8, 4) is 24.3 Å². The third kappa shape index (κ3) is 55.6. The lowest BCUT2D eigenvalue weighted by Gasteiger charge is -2.21. The highest BCUT2D eigenvalue weighted by molar-refractivity contribution is 5.80. The molecule has 0 amide bonds. The average Bonchev–Trinajstić information content (AvgIpc) is 3.22. The van der Waals surface area contributed by atoms with Crippen LogP contribution in [0.25, 0.3) is 0 Å². The fourth-order valence-corrected chi connectivity index (χ4v) is 3.22. The van der Waals surface area contributed by atoms with E-state index in [0.717, 1.165) is 63.7 Å². The molecule has 0 aromatic heterocycles. The summed E-state index contributed by atoms with van der Waals surface area (Å²) < 4.78 is 4.14. The van der Waals surface area contributed by atoms with Crippen molar-refractivity contribution in [1.82, 2.24) is 0 Å². The highest BCUT2D eigenvalue weighted by atomic mass is 16.5. The van der Waals surface area contributed by atoms with Crippen molar-refractivity contribution in [2.75, 3.05) is 7.11 Å². The van der Waals surface area contributed by atoms with Crippen LogP contribution in [0.5, 0.6) is 0 Å². The molecule has 286 valence electrons. The van der Waals surface area contributed by atoms with Gasteiger partial charge in [0, 0.05) is 23.6 Å². The van der Waals surface area contributed by atoms with Gasteiger partial charge in [0.25, 0.3) is 0 Å². The molecule has 3 aliphatic rings. The Morgan fingerprint density at radius 2 is 1.25 bits per heavy atom. The minimum Gasteiger partial charge on any atom is -0.466 e. The van der Waals surface area contributed by atoms with Gasteiger partial charge in [-0.2, -0.15) is 21.0 Å². The Bertz CT molecular complexity index is 1280. The van der Waals surface area contributed by atoms with E-state index >= 15 is 0 Å². The Morgan fingerprint density at radius 3 is 1.43 bits per heavy atom. The van der Waals surface area contributed by atoms with Crippen LogP contribution in [0, 0.1) is 68.5 Å². The summed E-state index contributed by atoms with van der Waals surface area (Å²) in [6, 6.07) is 8.11. The molecular weight excluding hydrogens is 657 g/mol. The van der Waals surface area contributed by atoms with Gasteiger partial charge in [0.2, 0.25) is 0 Å². The molecule has 0 radical (unpaired) electrons. The first-order valence-electron chi connectivity index (χ1n) is 17.0. The van der Waals surface area contributed by atoms with Crippen molar-refractivity contribution < 1.29 is 14.3 Å². The molecule has 0 aromatic carbocycles. The van der Waals surface area contributed by atoms with Crippen molar-refractivity contribution in [2.45, 2.75) is 72.1 Å². The molecule has 0 saturated heterocycles. The third-order valence-corrected chi connectivity index (χ3v) is 6.46. The molecule has 53 heavy (non-hydrogen) atoms. The lowest BCUT2D eigenvalue weighted by atomic mass is 9.81. The van der Waals surface area contributed by atoms with E-state index in [2.05, 4.69) is 119 Å². The zero-order valence-corrected chi connectivity index (χ0v) is 32.9. The number of hydrogen-bond donors (Lipinski definition) is 0. The van der Waals surface area contributed by atoms with Gasteiger partial charge in [-0.25, -0.2) is 4.79 Å². The number of nitriles is 4. The molecule has 4 unspecified atom stereocenters. The Hall–Kier alpha value is -6.02. The topological polar surface area (TPSA) is 139 Å². The molecule has 0 heterocycles. The van der Waals surface area contributed by atoms with Crippen LogP contribution in [-0.4, -0.2) is 19.4 Å². The summed E-state index contributed by atoms with van der Waals surface area (Å²) in [6.45, 7) is 35.6. The normalized spacial score (nSPS) is 18.4. The largest absolute Gasteiger partial charge is 0.466 e. The second-order valence-corrected chi connectivity index (χ2v) is 11.1. The van der Waals surface area contributed by atoms with Gasteiger partial charge in [-0.15, -0.1) is 0 Å². The number of methoxy groups -OCH3 is 1. The fourth-order valence-electron chi connectivity index (χ4n) is 3.22. The molecule has 7 heteroatoms. The zero-order valence-electron chi connectivity index (χ0n) is 32.9. The minimum absolute atomic E-state index is 0.0608. The summed E-state index contributed by atoms with van der Waals surface area (Å²) in [5, 5.41) is 32.4. The number of esters is 1. The van der Waals surface area contributed by atoms with Crippen molar-refractivity contribution in [3.05, 3.63) is 150 Å². The van der Waals surface area contributed by atoms with Gasteiger partial charge >= 0.3 is 5.97 Å². The van der Waals surface area contributed by atoms with Crippen LogP contribution in [0.1, 0.15) is 72.1 Å². The lowest BCUT2D eigenvalue weighted by molar-refractivity contribution is -0.134. The molecule has 4 atom stereocenters. The number of hydrogen-bond acceptors (Lipinski definition) is 7. The maximum Gasteiger partial charge on any atom is 0.329 e. The number of ether oxygens (including phenoxy) is 1. The van der Waals surface area contributed by atoms with Crippen LogP contribution in [0.2, 0.25) is 0 Å². The number of aldehydes is 1. The van der Waals surface area contributed by atoms with E-state index in [-0.39, 0.29) is 11.3 Å². The number of allylic oxidation sites excluding steroid dienone is 14. The van der Waals surface area contributed by atoms with Gasteiger partial charge in [-0.05, 0) is 71.1 Å². The minimum atomic E-state index is -0.394. The monoisotopic (exact) mass is 720 g/mol. The highest BCUT2D eigenvalue weighted by Gasteiger charge is 2.23.